The summed E-state index contributed by atoms with van der Waals surface area (Å²) in [6.07, 6.45) is 0.884. The number of methoxy groups -OCH3 is 3. The Morgan fingerprint density at radius 1 is 0.974 bits per heavy atom. The van der Waals surface area contributed by atoms with Crippen LogP contribution in [0.2, 0.25) is 0 Å². The van der Waals surface area contributed by atoms with Crippen LogP contribution in [0.25, 0.3) is 11.0 Å². The molecule has 0 aliphatic heterocycles. The summed E-state index contributed by atoms with van der Waals surface area (Å²) in [7, 11) is 4.76. The third kappa shape index (κ3) is 7.15. The number of aromatic nitrogens is 2. The normalized spacial score (nSPS) is 11.8. The van der Waals surface area contributed by atoms with E-state index >= 15 is 0 Å². The van der Waals surface area contributed by atoms with Crippen molar-refractivity contribution in [2.45, 2.75) is 79.1 Å². The van der Waals surface area contributed by atoms with Crippen molar-refractivity contribution in [2.75, 3.05) is 33.2 Å². The number of hydrogen-bond donors (Lipinski definition) is 2. The number of rotatable bonds is 12. The quantitative estimate of drug-likeness (QED) is 0.279. The van der Waals surface area contributed by atoms with Crippen molar-refractivity contribution in [3.63, 3.8) is 0 Å². The van der Waals surface area contributed by atoms with Crippen molar-refractivity contribution in [1.29, 1.82) is 0 Å². The van der Waals surface area contributed by atoms with Gasteiger partial charge in [0.25, 0.3) is 5.91 Å². The SMILES string of the molecule is COc1cc(Nc2nc3ccc(C(=O)N(C(C)C)C(C)C)cc3n2CCCNC(C)(C)C)cc(OC)c1OC. The predicted molar refractivity (Wildman–Crippen MR) is 158 cm³/mol. The first kappa shape index (κ1) is 30.1. The molecule has 3 aromatic rings. The Hall–Kier alpha value is -3.46. The van der Waals surface area contributed by atoms with Gasteiger partial charge in [0, 0.05) is 47.6 Å². The first-order valence-electron chi connectivity index (χ1n) is 13.5. The maximum atomic E-state index is 13.5. The molecule has 0 spiro atoms. The van der Waals surface area contributed by atoms with Crippen LogP contribution in [0.15, 0.2) is 30.3 Å². The number of nitrogens with one attached hydrogen (secondary N) is 2. The number of nitrogens with zero attached hydrogens (tertiary/aromatic N) is 3. The summed E-state index contributed by atoms with van der Waals surface area (Å²) in [6.45, 7) is 16.2. The second-order valence-corrected chi connectivity index (χ2v) is 11.3. The molecule has 0 fully saturated rings. The van der Waals surface area contributed by atoms with Gasteiger partial charge in [-0.3, -0.25) is 4.79 Å². The third-order valence-electron chi connectivity index (χ3n) is 6.48. The molecular formula is C30H45N5O4. The average Bonchev–Trinajstić information content (AvgIpc) is 3.20. The molecule has 214 valence electrons. The second-order valence-electron chi connectivity index (χ2n) is 11.3. The molecule has 0 radical (unpaired) electrons. The van der Waals surface area contributed by atoms with E-state index in [1.54, 1.807) is 21.3 Å². The highest BCUT2D eigenvalue weighted by Crippen LogP contribution is 2.40. The highest BCUT2D eigenvalue weighted by Gasteiger charge is 2.23. The van der Waals surface area contributed by atoms with Crippen molar-refractivity contribution in [2.24, 2.45) is 0 Å². The second kappa shape index (κ2) is 12.6. The molecule has 0 bridgehead atoms. The molecule has 1 amide bonds. The average molecular weight is 540 g/mol. The third-order valence-corrected chi connectivity index (χ3v) is 6.48. The Labute approximate surface area is 232 Å². The van der Waals surface area contributed by atoms with Gasteiger partial charge in [-0.05, 0) is 79.6 Å². The molecule has 2 N–H and O–H groups in total. The summed E-state index contributed by atoms with van der Waals surface area (Å²) >= 11 is 0. The maximum absolute atomic E-state index is 13.5. The lowest BCUT2D eigenvalue weighted by Gasteiger charge is -2.30. The van der Waals surface area contributed by atoms with Crippen LogP contribution < -0.4 is 24.8 Å². The van der Waals surface area contributed by atoms with Gasteiger partial charge < -0.3 is 34.3 Å². The number of aryl methyl sites for hydroxylation is 1. The highest BCUT2D eigenvalue weighted by atomic mass is 16.5. The smallest absolute Gasteiger partial charge is 0.254 e. The van der Waals surface area contributed by atoms with Crippen LogP contribution in [0, 0.1) is 0 Å². The van der Waals surface area contributed by atoms with E-state index in [0.717, 1.165) is 29.7 Å². The molecule has 0 aliphatic carbocycles. The van der Waals surface area contributed by atoms with Crippen LogP contribution in [0.5, 0.6) is 17.2 Å². The molecular weight excluding hydrogens is 494 g/mol. The molecule has 0 saturated heterocycles. The number of imidazole rings is 1. The van der Waals surface area contributed by atoms with Gasteiger partial charge in [0.05, 0.1) is 32.4 Å². The number of carbonyl (C=O) groups is 1. The first-order valence-corrected chi connectivity index (χ1v) is 13.5. The van der Waals surface area contributed by atoms with Gasteiger partial charge in [-0.15, -0.1) is 0 Å². The van der Waals surface area contributed by atoms with Crippen LogP contribution in [0.3, 0.4) is 0 Å². The van der Waals surface area contributed by atoms with Gasteiger partial charge in [-0.25, -0.2) is 4.98 Å². The van der Waals surface area contributed by atoms with Crippen molar-refractivity contribution in [1.82, 2.24) is 19.8 Å². The van der Waals surface area contributed by atoms with Gasteiger partial charge in [-0.1, -0.05) is 0 Å². The highest BCUT2D eigenvalue weighted by molar-refractivity contribution is 5.98. The zero-order chi connectivity index (χ0) is 28.9. The van der Waals surface area contributed by atoms with E-state index < -0.39 is 0 Å². The molecule has 0 atom stereocenters. The summed E-state index contributed by atoms with van der Waals surface area (Å²) in [6, 6.07) is 9.64. The molecule has 9 heteroatoms. The fourth-order valence-electron chi connectivity index (χ4n) is 4.77. The number of hydrogen-bond acceptors (Lipinski definition) is 7. The molecule has 0 aliphatic rings. The minimum Gasteiger partial charge on any atom is -0.493 e. The van der Waals surface area contributed by atoms with Crippen LogP contribution in [-0.2, 0) is 6.54 Å². The van der Waals surface area contributed by atoms with E-state index in [1.165, 1.54) is 0 Å². The zero-order valence-corrected chi connectivity index (χ0v) is 25.1. The zero-order valence-electron chi connectivity index (χ0n) is 25.1. The Kier molecular flexibility index (Phi) is 9.72. The van der Waals surface area contributed by atoms with Crippen molar-refractivity contribution >= 4 is 28.6 Å². The van der Waals surface area contributed by atoms with Gasteiger partial charge in [-0.2, -0.15) is 0 Å². The topological polar surface area (TPSA) is 89.9 Å². The summed E-state index contributed by atoms with van der Waals surface area (Å²) in [5.41, 5.74) is 3.14. The number of carbonyl (C=O) groups excluding carboxylic acids is 1. The largest absolute Gasteiger partial charge is 0.493 e. The van der Waals surface area contributed by atoms with E-state index in [2.05, 4.69) is 36.0 Å². The van der Waals surface area contributed by atoms with E-state index in [9.17, 15) is 4.79 Å². The van der Waals surface area contributed by atoms with Crippen LogP contribution in [0.4, 0.5) is 11.6 Å². The van der Waals surface area contributed by atoms with Gasteiger partial charge in [0.2, 0.25) is 11.7 Å². The lowest BCUT2D eigenvalue weighted by atomic mass is 10.1. The van der Waals surface area contributed by atoms with Gasteiger partial charge in [0.15, 0.2) is 11.5 Å². The van der Waals surface area contributed by atoms with Gasteiger partial charge in [0.1, 0.15) is 0 Å². The standard InChI is InChI=1S/C30H45N5O4/c1-19(2)35(20(3)4)28(36)21-12-13-23-24(16-21)34(15-11-14-31-30(5,6)7)29(33-23)32-22-17-25(37-8)27(39-10)26(18-22)38-9/h12-13,16-20,31H,11,14-15H2,1-10H3,(H,32,33). The summed E-state index contributed by atoms with van der Waals surface area (Å²) in [5, 5.41) is 7.00. The molecule has 0 saturated carbocycles. The van der Waals surface area contributed by atoms with Crippen molar-refractivity contribution in [3.05, 3.63) is 35.9 Å². The molecule has 0 unspecified atom stereocenters. The van der Waals surface area contributed by atoms with Crippen molar-refractivity contribution < 1.29 is 19.0 Å². The molecule has 1 aromatic heterocycles. The Balaban J connectivity index is 2.06. The number of amides is 1. The Bertz CT molecular complexity index is 1240. The fourth-order valence-corrected chi connectivity index (χ4v) is 4.77. The Morgan fingerprint density at radius 2 is 1.59 bits per heavy atom. The lowest BCUT2D eigenvalue weighted by molar-refractivity contribution is 0.0644. The molecule has 3 rings (SSSR count). The molecule has 2 aromatic carbocycles. The fraction of sp³-hybridized carbons (Fsp3) is 0.533. The van der Waals surface area contributed by atoms with E-state index in [4.69, 9.17) is 19.2 Å². The minimum absolute atomic E-state index is 0.0168. The van der Waals surface area contributed by atoms with E-state index in [-0.39, 0.29) is 23.5 Å². The number of anilines is 2. The summed E-state index contributed by atoms with van der Waals surface area (Å²) in [4.78, 5) is 20.3. The van der Waals surface area contributed by atoms with Crippen LogP contribution in [0.1, 0.15) is 65.2 Å². The molecule has 1 heterocycles. The van der Waals surface area contributed by atoms with Gasteiger partial charge >= 0.3 is 0 Å². The number of ether oxygens (including phenoxy) is 3. The monoisotopic (exact) mass is 539 g/mol. The lowest BCUT2D eigenvalue weighted by Crippen LogP contribution is -2.42. The number of fused-ring (bicyclic) bond motifs is 1. The van der Waals surface area contributed by atoms with E-state index in [1.807, 2.05) is 62.9 Å². The van der Waals surface area contributed by atoms with Crippen molar-refractivity contribution in [3.8, 4) is 17.2 Å². The van der Waals surface area contributed by atoms with E-state index in [0.29, 0.717) is 35.3 Å². The molecule has 9 nitrogen and oxygen atoms in total. The predicted octanol–water partition coefficient (Wildman–Crippen LogP) is 5.84. The first-order chi connectivity index (χ1) is 18.4. The Morgan fingerprint density at radius 3 is 2.10 bits per heavy atom. The molecule has 39 heavy (non-hydrogen) atoms. The minimum atomic E-state index is 0.0168. The number of benzene rings is 2. The van der Waals surface area contributed by atoms with Crippen LogP contribution >= 0.6 is 0 Å². The van der Waals surface area contributed by atoms with Crippen LogP contribution in [-0.4, -0.2) is 65.9 Å². The summed E-state index contributed by atoms with van der Waals surface area (Å²) in [5.74, 6) is 2.31. The maximum Gasteiger partial charge on any atom is 0.254 e. The summed E-state index contributed by atoms with van der Waals surface area (Å²) < 4.78 is 18.7.